The first-order valence-electron chi connectivity index (χ1n) is 4.92. The summed E-state index contributed by atoms with van der Waals surface area (Å²) in [5, 5.41) is 5.80. The van der Waals surface area contributed by atoms with Crippen molar-refractivity contribution in [2.45, 2.75) is 0 Å². The summed E-state index contributed by atoms with van der Waals surface area (Å²) in [4.78, 5) is 0. The van der Waals surface area contributed by atoms with Crippen LogP contribution in [0.5, 0.6) is 0 Å². The Kier molecular flexibility index (Phi) is 1.90. The van der Waals surface area contributed by atoms with Crippen molar-refractivity contribution in [1.82, 2.24) is 0 Å². The first-order valence-corrected chi connectivity index (χ1v) is 5.29. The van der Waals surface area contributed by atoms with Crippen molar-refractivity contribution in [3.63, 3.8) is 0 Å². The highest BCUT2D eigenvalue weighted by Gasteiger charge is 1.99. The third-order valence-electron chi connectivity index (χ3n) is 2.71. The van der Waals surface area contributed by atoms with Gasteiger partial charge >= 0.3 is 0 Å². The second kappa shape index (κ2) is 3.25. The Hall–Kier alpha value is -1.53. The van der Waals surface area contributed by atoms with Gasteiger partial charge in [-0.25, -0.2) is 0 Å². The van der Waals surface area contributed by atoms with Gasteiger partial charge in [0.05, 0.1) is 0 Å². The number of fused-ring (bicyclic) bond motifs is 3. The molecule has 0 aliphatic carbocycles. The van der Waals surface area contributed by atoms with E-state index >= 15 is 0 Å². The molecule has 0 nitrogen and oxygen atoms in total. The lowest BCUT2D eigenvalue weighted by atomic mass is 10.0. The van der Waals surface area contributed by atoms with Gasteiger partial charge in [-0.2, -0.15) is 0 Å². The number of hydrogen-bond acceptors (Lipinski definition) is 0. The van der Waals surface area contributed by atoms with E-state index in [1.807, 2.05) is 12.1 Å². The minimum absolute atomic E-state index is 0.790. The Morgan fingerprint density at radius 3 is 2.33 bits per heavy atom. The predicted molar refractivity (Wildman–Crippen MR) is 66.5 cm³/mol. The third kappa shape index (κ3) is 1.38. The zero-order chi connectivity index (χ0) is 10.3. The van der Waals surface area contributed by atoms with Crippen LogP contribution in [0.25, 0.3) is 21.5 Å². The molecule has 3 aromatic carbocycles. The Balaban J connectivity index is 2.55. The van der Waals surface area contributed by atoms with Crippen molar-refractivity contribution in [3.05, 3.63) is 59.6 Å². The molecule has 0 N–H and O–H groups in total. The van der Waals surface area contributed by atoms with Gasteiger partial charge in [-0.1, -0.05) is 54.1 Å². The van der Waals surface area contributed by atoms with Gasteiger partial charge in [0.1, 0.15) is 0 Å². The van der Waals surface area contributed by atoms with Gasteiger partial charge in [0.15, 0.2) is 0 Å². The van der Waals surface area contributed by atoms with Gasteiger partial charge in [0.2, 0.25) is 0 Å². The molecule has 0 aromatic heterocycles. The molecule has 72 valence electrons. The van der Waals surface area contributed by atoms with Crippen LogP contribution < -0.4 is 0 Å². The molecule has 0 aliphatic heterocycles. The molecule has 1 heteroatoms. The first-order chi connectivity index (χ1) is 7.34. The summed E-state index contributed by atoms with van der Waals surface area (Å²) < 4.78 is 0. The molecule has 0 saturated carbocycles. The van der Waals surface area contributed by atoms with E-state index in [4.69, 9.17) is 11.6 Å². The second-order valence-corrected chi connectivity index (χ2v) is 4.09. The molecule has 3 aromatic rings. The quantitative estimate of drug-likeness (QED) is 0.476. The van der Waals surface area contributed by atoms with E-state index in [-0.39, 0.29) is 0 Å². The maximum atomic E-state index is 5.97. The molecule has 0 heterocycles. The highest BCUT2D eigenvalue weighted by molar-refractivity contribution is 6.31. The predicted octanol–water partition coefficient (Wildman–Crippen LogP) is 4.65. The van der Waals surface area contributed by atoms with Gasteiger partial charge < -0.3 is 0 Å². The molecule has 3 rings (SSSR count). The van der Waals surface area contributed by atoms with Crippen molar-refractivity contribution in [3.8, 4) is 0 Å². The van der Waals surface area contributed by atoms with Crippen molar-refractivity contribution in [1.29, 1.82) is 0 Å². The highest BCUT2D eigenvalue weighted by atomic mass is 35.5. The van der Waals surface area contributed by atoms with Crippen molar-refractivity contribution >= 4 is 33.1 Å². The molecule has 0 saturated heterocycles. The van der Waals surface area contributed by atoms with E-state index in [1.54, 1.807) is 0 Å². The van der Waals surface area contributed by atoms with Crippen LogP contribution in [0.3, 0.4) is 0 Å². The Labute approximate surface area is 93.1 Å². The number of halogens is 1. The van der Waals surface area contributed by atoms with E-state index in [0.717, 1.165) is 5.02 Å². The van der Waals surface area contributed by atoms with Crippen LogP contribution in [0, 0.1) is 0 Å². The SMILES string of the molecule is Clc1ccc2c(ccc3ccccc32)c1. The molecule has 0 fully saturated rings. The van der Waals surface area contributed by atoms with Crippen LogP contribution in [-0.2, 0) is 0 Å². The largest absolute Gasteiger partial charge is 0.0843 e. The molecular weight excluding hydrogens is 204 g/mol. The van der Waals surface area contributed by atoms with E-state index < -0.39 is 0 Å². The lowest BCUT2D eigenvalue weighted by molar-refractivity contribution is 1.76. The molecule has 15 heavy (non-hydrogen) atoms. The van der Waals surface area contributed by atoms with Gasteiger partial charge in [-0.3, -0.25) is 0 Å². The maximum Gasteiger partial charge on any atom is 0.0412 e. The number of rotatable bonds is 0. The normalized spacial score (nSPS) is 11.0. The molecule has 0 atom stereocenters. The van der Waals surface area contributed by atoms with Gasteiger partial charge in [-0.15, -0.1) is 0 Å². The fourth-order valence-corrected chi connectivity index (χ4v) is 2.16. The fourth-order valence-electron chi connectivity index (χ4n) is 1.98. The lowest BCUT2D eigenvalue weighted by Crippen LogP contribution is -1.76. The minimum atomic E-state index is 0.790. The summed E-state index contributed by atoms with van der Waals surface area (Å²) in [6.45, 7) is 0. The zero-order valence-electron chi connectivity index (χ0n) is 8.07. The number of benzene rings is 3. The summed E-state index contributed by atoms with van der Waals surface area (Å²) in [6.07, 6.45) is 0. The number of hydrogen-bond donors (Lipinski definition) is 0. The second-order valence-electron chi connectivity index (χ2n) is 3.65. The van der Waals surface area contributed by atoms with Crippen LogP contribution in [0.2, 0.25) is 5.02 Å². The maximum absolute atomic E-state index is 5.97. The molecule has 0 radical (unpaired) electrons. The standard InChI is InChI=1S/C14H9Cl/c15-12-7-8-14-11(9-12)6-5-10-3-1-2-4-13(10)14/h1-9H. The summed E-state index contributed by atoms with van der Waals surface area (Å²) in [6, 6.07) is 18.7. The summed E-state index contributed by atoms with van der Waals surface area (Å²) in [7, 11) is 0. The molecular formula is C14H9Cl. The lowest BCUT2D eigenvalue weighted by Gasteiger charge is -2.03. The van der Waals surface area contributed by atoms with Gasteiger partial charge in [0, 0.05) is 5.02 Å². The van der Waals surface area contributed by atoms with Gasteiger partial charge in [-0.05, 0) is 33.7 Å². The monoisotopic (exact) mass is 212 g/mol. The summed E-state index contributed by atoms with van der Waals surface area (Å²) in [5.74, 6) is 0. The van der Waals surface area contributed by atoms with Crippen LogP contribution in [-0.4, -0.2) is 0 Å². The highest BCUT2D eigenvalue weighted by Crippen LogP contribution is 2.27. The van der Waals surface area contributed by atoms with Crippen LogP contribution in [0.15, 0.2) is 54.6 Å². The van der Waals surface area contributed by atoms with Crippen molar-refractivity contribution in [2.24, 2.45) is 0 Å². The molecule has 0 aliphatic rings. The Morgan fingerprint density at radius 2 is 1.40 bits per heavy atom. The first kappa shape index (κ1) is 8.75. The van der Waals surface area contributed by atoms with Crippen LogP contribution >= 0.6 is 11.6 Å². The van der Waals surface area contributed by atoms with Gasteiger partial charge in [0.25, 0.3) is 0 Å². The van der Waals surface area contributed by atoms with Crippen LogP contribution in [0.1, 0.15) is 0 Å². The van der Waals surface area contributed by atoms with E-state index in [9.17, 15) is 0 Å². The van der Waals surface area contributed by atoms with Crippen LogP contribution in [0.4, 0.5) is 0 Å². The molecule has 0 spiro atoms. The summed E-state index contributed by atoms with van der Waals surface area (Å²) >= 11 is 5.97. The van der Waals surface area contributed by atoms with Crippen molar-refractivity contribution in [2.75, 3.05) is 0 Å². The van der Waals surface area contributed by atoms with E-state index in [2.05, 4.69) is 42.5 Å². The minimum Gasteiger partial charge on any atom is -0.0843 e. The Morgan fingerprint density at radius 1 is 0.667 bits per heavy atom. The average Bonchev–Trinajstić information content (AvgIpc) is 2.28. The average molecular weight is 213 g/mol. The zero-order valence-corrected chi connectivity index (χ0v) is 8.83. The molecule has 0 amide bonds. The summed E-state index contributed by atoms with van der Waals surface area (Å²) in [5.41, 5.74) is 0. The fraction of sp³-hybridized carbons (Fsp3) is 0. The molecule has 0 bridgehead atoms. The van der Waals surface area contributed by atoms with E-state index in [1.165, 1.54) is 21.5 Å². The smallest absolute Gasteiger partial charge is 0.0412 e. The van der Waals surface area contributed by atoms with E-state index in [0.29, 0.717) is 0 Å². The third-order valence-corrected chi connectivity index (χ3v) is 2.94. The topological polar surface area (TPSA) is 0 Å². The van der Waals surface area contributed by atoms with Crippen molar-refractivity contribution < 1.29 is 0 Å². The molecule has 0 unspecified atom stereocenters. The Bertz CT molecular complexity index is 641.